The van der Waals surface area contributed by atoms with Crippen molar-refractivity contribution in [2.45, 2.75) is 20.5 Å². The average molecular weight is 245 g/mol. The van der Waals surface area contributed by atoms with E-state index < -0.39 is 28.8 Å². The van der Waals surface area contributed by atoms with Gasteiger partial charge in [0.15, 0.2) is 5.78 Å². The zero-order chi connectivity index (χ0) is 13.2. The molecule has 0 radical (unpaired) electrons. The highest BCUT2D eigenvalue weighted by molar-refractivity contribution is 5.98. The lowest BCUT2D eigenvalue weighted by molar-refractivity contribution is -0.385. The Morgan fingerprint density at radius 2 is 2.06 bits per heavy atom. The van der Waals surface area contributed by atoms with E-state index in [2.05, 4.69) is 4.74 Å². The van der Waals surface area contributed by atoms with Crippen LogP contribution in [0, 0.1) is 17.0 Å². The summed E-state index contributed by atoms with van der Waals surface area (Å²) < 4.78 is 28.4. The zero-order valence-electron chi connectivity index (χ0n) is 9.07. The number of ketones is 1. The van der Waals surface area contributed by atoms with Crippen LogP contribution in [0.3, 0.4) is 0 Å². The van der Waals surface area contributed by atoms with E-state index in [1.165, 1.54) is 13.8 Å². The van der Waals surface area contributed by atoms with Crippen LogP contribution < -0.4 is 4.74 Å². The molecular weight excluding hydrogens is 236 g/mol. The third-order valence-electron chi connectivity index (χ3n) is 2.06. The van der Waals surface area contributed by atoms with Gasteiger partial charge < -0.3 is 4.74 Å². The standard InChI is InChI=1S/C10H9F2NO4/c1-5-3-7(13(15)16)4-8(17-10(11)12)9(5)6(2)14/h3-4,10H,1-2H3. The average Bonchev–Trinajstić information content (AvgIpc) is 2.14. The number of Topliss-reactive ketones (excluding diaryl/α,β-unsaturated/α-hetero) is 1. The number of nitro benzene ring substituents is 1. The highest BCUT2D eigenvalue weighted by atomic mass is 19.3. The predicted molar refractivity (Wildman–Crippen MR) is 54.5 cm³/mol. The molecule has 1 rings (SSSR count). The summed E-state index contributed by atoms with van der Waals surface area (Å²) in [5.41, 5.74) is -0.249. The van der Waals surface area contributed by atoms with Crippen molar-refractivity contribution in [1.82, 2.24) is 0 Å². The number of carbonyl (C=O) groups excluding carboxylic acids is 1. The fourth-order valence-corrected chi connectivity index (χ4v) is 1.48. The molecule has 0 spiro atoms. The van der Waals surface area contributed by atoms with Crippen LogP contribution in [0.1, 0.15) is 22.8 Å². The predicted octanol–water partition coefficient (Wildman–Crippen LogP) is 2.71. The summed E-state index contributed by atoms with van der Waals surface area (Å²) in [6, 6.07) is 1.95. The molecule has 0 unspecified atom stereocenters. The molecule has 0 aliphatic carbocycles. The largest absolute Gasteiger partial charge is 0.434 e. The summed E-state index contributed by atoms with van der Waals surface area (Å²) in [5, 5.41) is 10.5. The lowest BCUT2D eigenvalue weighted by atomic mass is 10.0. The fraction of sp³-hybridized carbons (Fsp3) is 0.300. The number of aryl methyl sites for hydroxylation is 1. The molecule has 17 heavy (non-hydrogen) atoms. The third kappa shape index (κ3) is 2.96. The van der Waals surface area contributed by atoms with Gasteiger partial charge in [-0.2, -0.15) is 8.78 Å². The number of hydrogen-bond acceptors (Lipinski definition) is 4. The molecule has 0 atom stereocenters. The van der Waals surface area contributed by atoms with E-state index in [-0.39, 0.29) is 11.1 Å². The molecule has 0 aromatic heterocycles. The van der Waals surface area contributed by atoms with Crippen LogP contribution in [0.15, 0.2) is 12.1 Å². The molecule has 0 saturated carbocycles. The van der Waals surface area contributed by atoms with Crippen molar-refractivity contribution in [3.05, 3.63) is 33.4 Å². The second-order valence-electron chi connectivity index (χ2n) is 3.33. The second-order valence-corrected chi connectivity index (χ2v) is 3.33. The maximum absolute atomic E-state index is 12.1. The Bertz CT molecular complexity index is 474. The highest BCUT2D eigenvalue weighted by Crippen LogP contribution is 2.30. The number of halogens is 2. The van der Waals surface area contributed by atoms with E-state index in [1.807, 2.05) is 0 Å². The SMILES string of the molecule is CC(=O)c1c(C)cc([N+](=O)[O-])cc1OC(F)F. The molecule has 0 aliphatic rings. The Morgan fingerprint density at radius 3 is 2.47 bits per heavy atom. The summed E-state index contributed by atoms with van der Waals surface area (Å²) in [6.07, 6.45) is 0. The van der Waals surface area contributed by atoms with Crippen molar-refractivity contribution < 1.29 is 23.2 Å². The van der Waals surface area contributed by atoms with Gasteiger partial charge in [-0.25, -0.2) is 0 Å². The Labute approximate surface area is 95.2 Å². The van der Waals surface area contributed by atoms with Gasteiger partial charge >= 0.3 is 6.61 Å². The number of nitro groups is 1. The molecule has 0 fully saturated rings. The van der Waals surface area contributed by atoms with Crippen LogP contribution in [0.4, 0.5) is 14.5 Å². The summed E-state index contributed by atoms with van der Waals surface area (Å²) in [7, 11) is 0. The molecule has 5 nitrogen and oxygen atoms in total. The minimum Gasteiger partial charge on any atom is -0.434 e. The van der Waals surface area contributed by atoms with Crippen LogP contribution in [0.25, 0.3) is 0 Å². The van der Waals surface area contributed by atoms with Gasteiger partial charge in [-0.1, -0.05) is 0 Å². The van der Waals surface area contributed by atoms with Gasteiger partial charge in [-0.15, -0.1) is 0 Å². The lowest BCUT2D eigenvalue weighted by Crippen LogP contribution is -2.08. The Hall–Kier alpha value is -2.05. The number of non-ortho nitro benzene ring substituents is 1. The molecule has 0 heterocycles. The third-order valence-corrected chi connectivity index (χ3v) is 2.06. The number of alkyl halides is 2. The van der Waals surface area contributed by atoms with Crippen LogP contribution >= 0.6 is 0 Å². The van der Waals surface area contributed by atoms with Gasteiger partial charge in [-0.05, 0) is 19.4 Å². The van der Waals surface area contributed by atoms with E-state index in [1.54, 1.807) is 0 Å². The first kappa shape index (κ1) is 13.0. The van der Waals surface area contributed by atoms with E-state index in [4.69, 9.17) is 0 Å². The molecule has 7 heteroatoms. The van der Waals surface area contributed by atoms with Gasteiger partial charge in [0.25, 0.3) is 5.69 Å². The summed E-state index contributed by atoms with van der Waals surface area (Å²) in [6.45, 7) is -0.552. The topological polar surface area (TPSA) is 69.4 Å². The van der Waals surface area contributed by atoms with Crippen molar-refractivity contribution in [2.75, 3.05) is 0 Å². The maximum atomic E-state index is 12.1. The van der Waals surface area contributed by atoms with Gasteiger partial charge in [-0.3, -0.25) is 14.9 Å². The van der Waals surface area contributed by atoms with E-state index in [0.29, 0.717) is 0 Å². The molecule has 1 aromatic rings. The minimum absolute atomic E-state index is 0.0732. The maximum Gasteiger partial charge on any atom is 0.387 e. The highest BCUT2D eigenvalue weighted by Gasteiger charge is 2.20. The summed E-state index contributed by atoms with van der Waals surface area (Å²) in [4.78, 5) is 21.1. The molecular formula is C10H9F2NO4. The molecule has 0 aliphatic heterocycles. The van der Waals surface area contributed by atoms with Gasteiger partial charge in [0.2, 0.25) is 0 Å². The lowest BCUT2D eigenvalue weighted by Gasteiger charge is -2.10. The monoisotopic (exact) mass is 245 g/mol. The quantitative estimate of drug-likeness (QED) is 0.464. The molecule has 0 amide bonds. The molecule has 0 bridgehead atoms. The van der Waals surface area contributed by atoms with E-state index in [0.717, 1.165) is 12.1 Å². The van der Waals surface area contributed by atoms with Gasteiger partial charge in [0, 0.05) is 6.07 Å². The first-order valence-corrected chi connectivity index (χ1v) is 4.57. The zero-order valence-corrected chi connectivity index (χ0v) is 9.07. The Kier molecular flexibility index (Phi) is 3.72. The number of ether oxygens (including phenoxy) is 1. The van der Waals surface area contributed by atoms with Crippen molar-refractivity contribution in [2.24, 2.45) is 0 Å². The second kappa shape index (κ2) is 4.86. The Balaban J connectivity index is 3.39. The smallest absolute Gasteiger partial charge is 0.387 e. The minimum atomic E-state index is -3.14. The molecule has 0 N–H and O–H groups in total. The Morgan fingerprint density at radius 1 is 1.47 bits per heavy atom. The molecule has 0 saturated heterocycles. The first-order chi connectivity index (χ1) is 7.82. The van der Waals surface area contributed by atoms with Crippen molar-refractivity contribution in [1.29, 1.82) is 0 Å². The normalized spacial score (nSPS) is 10.4. The number of nitrogens with zero attached hydrogens (tertiary/aromatic N) is 1. The first-order valence-electron chi connectivity index (χ1n) is 4.57. The fourth-order valence-electron chi connectivity index (χ4n) is 1.48. The summed E-state index contributed by atoms with van der Waals surface area (Å²) in [5.74, 6) is -0.966. The van der Waals surface area contributed by atoms with Crippen LogP contribution in [-0.2, 0) is 0 Å². The van der Waals surface area contributed by atoms with Crippen molar-refractivity contribution in [3.63, 3.8) is 0 Å². The van der Waals surface area contributed by atoms with Crippen LogP contribution in [0.5, 0.6) is 5.75 Å². The van der Waals surface area contributed by atoms with Gasteiger partial charge in [0.1, 0.15) is 5.75 Å². The molecule has 92 valence electrons. The van der Waals surface area contributed by atoms with E-state index >= 15 is 0 Å². The summed E-state index contributed by atoms with van der Waals surface area (Å²) >= 11 is 0. The van der Waals surface area contributed by atoms with Crippen LogP contribution in [0.2, 0.25) is 0 Å². The van der Waals surface area contributed by atoms with Gasteiger partial charge in [0.05, 0.1) is 16.6 Å². The van der Waals surface area contributed by atoms with Crippen LogP contribution in [-0.4, -0.2) is 17.3 Å². The molecule has 1 aromatic carbocycles. The number of hydrogen-bond donors (Lipinski definition) is 0. The number of rotatable bonds is 4. The van der Waals surface area contributed by atoms with Crippen molar-refractivity contribution in [3.8, 4) is 5.75 Å². The number of benzene rings is 1. The number of carbonyl (C=O) groups is 1. The van der Waals surface area contributed by atoms with E-state index in [9.17, 15) is 23.7 Å². The van der Waals surface area contributed by atoms with Crippen molar-refractivity contribution >= 4 is 11.5 Å².